The zero-order valence-corrected chi connectivity index (χ0v) is 16.8. The number of carbonyl (C=O) groups is 3. The Morgan fingerprint density at radius 1 is 1.11 bits per heavy atom. The van der Waals surface area contributed by atoms with Crippen LogP contribution in [0.25, 0.3) is 0 Å². The largest absolute Gasteiger partial charge is 0.456 e. The number of rotatable bonds is 8. The summed E-state index contributed by atoms with van der Waals surface area (Å²) >= 11 is 4.37. The molecule has 27 heavy (non-hydrogen) atoms. The summed E-state index contributed by atoms with van der Waals surface area (Å²) in [4.78, 5) is 35.8. The van der Waals surface area contributed by atoms with Crippen molar-refractivity contribution in [1.29, 1.82) is 0 Å². The number of nitrogens with one attached hydrogen (secondary N) is 1. The van der Waals surface area contributed by atoms with Crippen LogP contribution >= 0.6 is 27.7 Å². The number of carbonyl (C=O) groups excluding carboxylic acids is 3. The summed E-state index contributed by atoms with van der Waals surface area (Å²) in [5, 5.41) is 1.99. The van der Waals surface area contributed by atoms with Gasteiger partial charge in [0.25, 0.3) is 0 Å². The molecule has 0 aliphatic heterocycles. The molecular formula is C19H17BrFNO4S. The minimum Gasteiger partial charge on any atom is -0.456 e. The Balaban J connectivity index is 1.73. The van der Waals surface area contributed by atoms with Gasteiger partial charge in [-0.05, 0) is 43.3 Å². The number of halogens is 2. The number of amides is 1. The van der Waals surface area contributed by atoms with Gasteiger partial charge in [0, 0.05) is 15.7 Å². The fourth-order valence-corrected chi connectivity index (χ4v) is 2.91. The van der Waals surface area contributed by atoms with Gasteiger partial charge in [0.05, 0.1) is 5.75 Å². The molecule has 0 aliphatic carbocycles. The molecule has 142 valence electrons. The predicted octanol–water partition coefficient (Wildman–Crippen LogP) is 4.07. The molecule has 0 fully saturated rings. The van der Waals surface area contributed by atoms with E-state index in [9.17, 15) is 18.8 Å². The molecule has 1 N–H and O–H groups in total. The highest BCUT2D eigenvalue weighted by atomic mass is 79.9. The average molecular weight is 454 g/mol. The minimum atomic E-state index is -0.610. The number of Topliss-reactive ketones (excluding diaryl/α,β-unsaturated/α-hetero) is 1. The molecule has 2 aromatic carbocycles. The molecule has 0 heterocycles. The zero-order chi connectivity index (χ0) is 19.8. The molecule has 1 atom stereocenters. The maximum Gasteiger partial charge on any atom is 0.319 e. The van der Waals surface area contributed by atoms with Crippen LogP contribution in [-0.4, -0.2) is 35.3 Å². The van der Waals surface area contributed by atoms with Crippen LogP contribution in [0, 0.1) is 5.82 Å². The van der Waals surface area contributed by atoms with Gasteiger partial charge in [-0.1, -0.05) is 28.1 Å². The van der Waals surface area contributed by atoms with Crippen LogP contribution < -0.4 is 5.32 Å². The van der Waals surface area contributed by atoms with E-state index in [0.717, 1.165) is 16.2 Å². The van der Waals surface area contributed by atoms with Gasteiger partial charge in [-0.15, -0.1) is 11.8 Å². The van der Waals surface area contributed by atoms with Gasteiger partial charge in [0.15, 0.2) is 12.4 Å². The first-order chi connectivity index (χ1) is 12.8. The van der Waals surface area contributed by atoms with Gasteiger partial charge >= 0.3 is 5.97 Å². The Labute approximate surface area is 168 Å². The molecule has 1 unspecified atom stereocenters. The molecule has 1 amide bonds. The number of hydrogen-bond acceptors (Lipinski definition) is 5. The number of ether oxygens (including phenoxy) is 1. The molecule has 0 aromatic heterocycles. The standard InChI is InChI=1S/C19H17BrFNO4S/c1-12(27-11-18(24)22-16-8-6-15(21)7-9-16)19(25)26-10-17(23)13-2-4-14(20)5-3-13/h2-9,12H,10-11H2,1H3,(H,22,24). The Kier molecular flexibility index (Phi) is 7.99. The maximum atomic E-state index is 12.8. The number of thioether (sulfide) groups is 1. The first kappa shape index (κ1) is 21.1. The van der Waals surface area contributed by atoms with E-state index in [1.807, 2.05) is 0 Å². The van der Waals surface area contributed by atoms with Crippen molar-refractivity contribution in [3.8, 4) is 0 Å². The van der Waals surface area contributed by atoms with E-state index < -0.39 is 17.0 Å². The Morgan fingerprint density at radius 2 is 1.74 bits per heavy atom. The highest BCUT2D eigenvalue weighted by Gasteiger charge is 2.18. The molecule has 2 aromatic rings. The third-order valence-electron chi connectivity index (χ3n) is 3.44. The van der Waals surface area contributed by atoms with Crippen molar-refractivity contribution in [2.75, 3.05) is 17.7 Å². The summed E-state index contributed by atoms with van der Waals surface area (Å²) in [6, 6.07) is 12.1. The number of anilines is 1. The van der Waals surface area contributed by atoms with Crippen LogP contribution in [0.15, 0.2) is 53.0 Å². The second-order valence-corrected chi connectivity index (χ2v) is 7.79. The van der Waals surface area contributed by atoms with E-state index in [1.54, 1.807) is 31.2 Å². The summed E-state index contributed by atoms with van der Waals surface area (Å²) in [7, 11) is 0. The fraction of sp³-hybridized carbons (Fsp3) is 0.211. The van der Waals surface area contributed by atoms with Gasteiger partial charge in [-0.2, -0.15) is 0 Å². The van der Waals surface area contributed by atoms with Crippen LogP contribution in [0.4, 0.5) is 10.1 Å². The quantitative estimate of drug-likeness (QED) is 0.481. The van der Waals surface area contributed by atoms with Crippen LogP contribution in [0.1, 0.15) is 17.3 Å². The van der Waals surface area contributed by atoms with E-state index in [-0.39, 0.29) is 24.1 Å². The van der Waals surface area contributed by atoms with Crippen LogP contribution in [0.5, 0.6) is 0 Å². The SMILES string of the molecule is CC(SCC(=O)Nc1ccc(F)cc1)C(=O)OCC(=O)c1ccc(Br)cc1. The predicted molar refractivity (Wildman–Crippen MR) is 106 cm³/mol. The van der Waals surface area contributed by atoms with E-state index in [0.29, 0.717) is 11.3 Å². The molecule has 0 saturated heterocycles. The van der Waals surface area contributed by atoms with Crippen molar-refractivity contribution in [1.82, 2.24) is 0 Å². The molecule has 0 radical (unpaired) electrons. The molecule has 0 aliphatic rings. The summed E-state index contributed by atoms with van der Waals surface area (Å²) in [5.74, 6) is -1.57. The second-order valence-electron chi connectivity index (χ2n) is 5.55. The van der Waals surface area contributed by atoms with Gasteiger partial charge in [0.1, 0.15) is 11.1 Å². The highest BCUT2D eigenvalue weighted by molar-refractivity contribution is 9.10. The van der Waals surface area contributed by atoms with Gasteiger partial charge < -0.3 is 10.1 Å². The first-order valence-electron chi connectivity index (χ1n) is 7.97. The first-order valence-corrected chi connectivity index (χ1v) is 9.82. The lowest BCUT2D eigenvalue weighted by Gasteiger charge is -2.11. The summed E-state index contributed by atoms with van der Waals surface area (Å²) in [5.41, 5.74) is 0.919. The van der Waals surface area contributed by atoms with E-state index >= 15 is 0 Å². The van der Waals surface area contributed by atoms with E-state index in [2.05, 4.69) is 21.2 Å². The van der Waals surface area contributed by atoms with Gasteiger partial charge in [-0.3, -0.25) is 14.4 Å². The minimum absolute atomic E-state index is 0.0221. The van der Waals surface area contributed by atoms with Gasteiger partial charge in [0.2, 0.25) is 5.91 Å². The number of esters is 1. The van der Waals surface area contributed by atoms with Crippen molar-refractivity contribution in [2.45, 2.75) is 12.2 Å². The number of benzene rings is 2. The Bertz CT molecular complexity index is 811. The maximum absolute atomic E-state index is 12.8. The van der Waals surface area contributed by atoms with Crippen molar-refractivity contribution >= 4 is 51.0 Å². The van der Waals surface area contributed by atoms with Crippen molar-refractivity contribution in [3.05, 3.63) is 64.4 Å². The molecule has 8 heteroatoms. The lowest BCUT2D eigenvalue weighted by Crippen LogP contribution is -2.23. The molecule has 0 saturated carbocycles. The highest BCUT2D eigenvalue weighted by Crippen LogP contribution is 2.15. The molecule has 0 bridgehead atoms. The van der Waals surface area contributed by atoms with Crippen molar-refractivity contribution in [2.24, 2.45) is 0 Å². The third kappa shape index (κ3) is 7.15. The van der Waals surface area contributed by atoms with Crippen molar-refractivity contribution in [3.63, 3.8) is 0 Å². The topological polar surface area (TPSA) is 72.5 Å². The third-order valence-corrected chi connectivity index (χ3v) is 5.09. The van der Waals surface area contributed by atoms with Crippen LogP contribution in [0.3, 0.4) is 0 Å². The molecular weight excluding hydrogens is 437 g/mol. The summed E-state index contributed by atoms with van der Waals surface area (Å²) < 4.78 is 18.7. The number of ketones is 1. The monoisotopic (exact) mass is 453 g/mol. The molecule has 0 spiro atoms. The molecule has 2 rings (SSSR count). The lowest BCUT2D eigenvalue weighted by atomic mass is 10.1. The Hall–Kier alpha value is -2.19. The smallest absolute Gasteiger partial charge is 0.319 e. The lowest BCUT2D eigenvalue weighted by molar-refractivity contribution is -0.141. The van der Waals surface area contributed by atoms with E-state index in [4.69, 9.17) is 4.74 Å². The second kappa shape index (κ2) is 10.2. The van der Waals surface area contributed by atoms with Crippen molar-refractivity contribution < 1.29 is 23.5 Å². The average Bonchev–Trinajstić information content (AvgIpc) is 2.66. The van der Waals surface area contributed by atoms with Crippen LogP contribution in [-0.2, 0) is 14.3 Å². The van der Waals surface area contributed by atoms with E-state index in [1.165, 1.54) is 24.3 Å². The van der Waals surface area contributed by atoms with Gasteiger partial charge in [-0.25, -0.2) is 4.39 Å². The Morgan fingerprint density at radius 3 is 2.37 bits per heavy atom. The fourth-order valence-electron chi connectivity index (χ4n) is 1.97. The summed E-state index contributed by atoms with van der Waals surface area (Å²) in [6.45, 7) is 1.25. The van der Waals surface area contributed by atoms with Crippen LogP contribution in [0.2, 0.25) is 0 Å². The number of hydrogen-bond donors (Lipinski definition) is 1. The zero-order valence-electron chi connectivity index (χ0n) is 14.4. The normalized spacial score (nSPS) is 11.5. The summed E-state index contributed by atoms with van der Waals surface area (Å²) in [6.07, 6.45) is 0. The molecule has 5 nitrogen and oxygen atoms in total.